The summed E-state index contributed by atoms with van der Waals surface area (Å²) in [5, 5.41) is 0.485. The molecule has 1 heterocycles. The summed E-state index contributed by atoms with van der Waals surface area (Å²) in [6.07, 6.45) is 1.03. The van der Waals surface area contributed by atoms with Gasteiger partial charge in [-0.05, 0) is 23.4 Å². The third kappa shape index (κ3) is 3.58. The molecule has 1 aromatic carbocycles. The second-order valence-corrected chi connectivity index (χ2v) is 6.26. The van der Waals surface area contributed by atoms with Crippen LogP contribution in [0, 0.1) is 0 Å². The standard InChI is InChI=1S/C14H13BrN2O2S/c1-2-20-14-16-12(8-18)11(13(19)17-14)7-9-3-5-10(15)6-4-9/h3-6,8H,2,7H2,1H3,(H,16,17,19). The highest BCUT2D eigenvalue weighted by molar-refractivity contribution is 9.10. The van der Waals surface area contributed by atoms with E-state index in [1.165, 1.54) is 11.8 Å². The summed E-state index contributed by atoms with van der Waals surface area (Å²) in [5.41, 5.74) is 1.33. The van der Waals surface area contributed by atoms with E-state index < -0.39 is 0 Å². The third-order valence-electron chi connectivity index (χ3n) is 2.71. The average Bonchev–Trinajstić information content (AvgIpc) is 2.44. The van der Waals surface area contributed by atoms with Crippen molar-refractivity contribution in [2.45, 2.75) is 18.5 Å². The van der Waals surface area contributed by atoms with E-state index in [0.29, 0.717) is 23.4 Å². The fourth-order valence-electron chi connectivity index (χ4n) is 1.77. The van der Waals surface area contributed by atoms with Gasteiger partial charge >= 0.3 is 0 Å². The molecule has 0 aliphatic rings. The molecule has 20 heavy (non-hydrogen) atoms. The maximum atomic E-state index is 12.1. The van der Waals surface area contributed by atoms with Gasteiger partial charge in [-0.25, -0.2) is 4.98 Å². The van der Waals surface area contributed by atoms with Gasteiger partial charge in [-0.3, -0.25) is 9.59 Å². The number of halogens is 1. The topological polar surface area (TPSA) is 62.8 Å². The molecule has 0 amide bonds. The lowest BCUT2D eigenvalue weighted by Gasteiger charge is -2.06. The zero-order valence-electron chi connectivity index (χ0n) is 10.9. The molecule has 4 nitrogen and oxygen atoms in total. The lowest BCUT2D eigenvalue weighted by molar-refractivity contribution is 0.111. The van der Waals surface area contributed by atoms with Crippen LogP contribution in [-0.2, 0) is 6.42 Å². The number of nitrogens with zero attached hydrogens (tertiary/aromatic N) is 1. The molecule has 0 bridgehead atoms. The molecule has 0 saturated heterocycles. The van der Waals surface area contributed by atoms with E-state index in [4.69, 9.17) is 0 Å². The Labute approximate surface area is 129 Å². The predicted molar refractivity (Wildman–Crippen MR) is 83.6 cm³/mol. The summed E-state index contributed by atoms with van der Waals surface area (Å²) >= 11 is 4.77. The summed E-state index contributed by atoms with van der Waals surface area (Å²) in [5.74, 6) is 0.785. The average molecular weight is 353 g/mol. The van der Waals surface area contributed by atoms with Gasteiger partial charge in [0, 0.05) is 10.9 Å². The fraction of sp³-hybridized carbons (Fsp3) is 0.214. The molecule has 0 aliphatic heterocycles. The zero-order chi connectivity index (χ0) is 14.5. The lowest BCUT2D eigenvalue weighted by Crippen LogP contribution is -2.19. The fourth-order valence-corrected chi connectivity index (χ4v) is 2.64. The van der Waals surface area contributed by atoms with Gasteiger partial charge in [0.05, 0.1) is 5.56 Å². The van der Waals surface area contributed by atoms with Crippen LogP contribution in [0.1, 0.15) is 28.5 Å². The molecule has 1 N–H and O–H groups in total. The molecular formula is C14H13BrN2O2S. The van der Waals surface area contributed by atoms with Crippen LogP contribution in [0.5, 0.6) is 0 Å². The van der Waals surface area contributed by atoms with Gasteiger partial charge in [0.15, 0.2) is 11.4 Å². The minimum absolute atomic E-state index is 0.215. The van der Waals surface area contributed by atoms with Crippen molar-refractivity contribution >= 4 is 34.0 Å². The largest absolute Gasteiger partial charge is 0.301 e. The zero-order valence-corrected chi connectivity index (χ0v) is 13.3. The van der Waals surface area contributed by atoms with E-state index in [-0.39, 0.29) is 11.3 Å². The van der Waals surface area contributed by atoms with Crippen molar-refractivity contribution in [2.75, 3.05) is 5.75 Å². The Bertz CT molecular complexity index is 668. The van der Waals surface area contributed by atoms with Crippen molar-refractivity contribution in [3.63, 3.8) is 0 Å². The number of nitrogens with one attached hydrogen (secondary N) is 1. The van der Waals surface area contributed by atoms with Crippen molar-refractivity contribution in [1.82, 2.24) is 9.97 Å². The molecule has 1 aromatic heterocycles. The van der Waals surface area contributed by atoms with E-state index >= 15 is 0 Å². The van der Waals surface area contributed by atoms with Crippen LogP contribution in [0.15, 0.2) is 38.7 Å². The van der Waals surface area contributed by atoms with E-state index in [2.05, 4.69) is 25.9 Å². The van der Waals surface area contributed by atoms with E-state index in [0.717, 1.165) is 15.8 Å². The van der Waals surface area contributed by atoms with E-state index in [9.17, 15) is 9.59 Å². The summed E-state index contributed by atoms with van der Waals surface area (Å²) < 4.78 is 0.971. The van der Waals surface area contributed by atoms with Crippen LogP contribution in [-0.4, -0.2) is 22.0 Å². The Hall–Kier alpha value is -1.40. The second-order valence-electron chi connectivity index (χ2n) is 4.09. The third-order valence-corrected chi connectivity index (χ3v) is 4.00. The molecule has 0 atom stereocenters. The monoisotopic (exact) mass is 352 g/mol. The van der Waals surface area contributed by atoms with Crippen molar-refractivity contribution in [3.05, 3.63) is 55.9 Å². The smallest absolute Gasteiger partial charge is 0.255 e. The highest BCUT2D eigenvalue weighted by Crippen LogP contribution is 2.15. The molecule has 0 radical (unpaired) electrons. The normalized spacial score (nSPS) is 10.5. The summed E-state index contributed by atoms with van der Waals surface area (Å²) in [6, 6.07) is 7.62. The minimum Gasteiger partial charge on any atom is -0.301 e. The first-order chi connectivity index (χ1) is 9.63. The first kappa shape index (κ1) is 15.0. The summed E-state index contributed by atoms with van der Waals surface area (Å²) in [7, 11) is 0. The number of hydrogen-bond acceptors (Lipinski definition) is 4. The number of aromatic amines is 1. The number of hydrogen-bond donors (Lipinski definition) is 1. The number of H-pyrrole nitrogens is 1. The Morgan fingerprint density at radius 3 is 2.65 bits per heavy atom. The number of thioether (sulfide) groups is 1. The first-order valence-electron chi connectivity index (χ1n) is 6.09. The molecule has 0 unspecified atom stereocenters. The van der Waals surface area contributed by atoms with Gasteiger partial charge in [0.2, 0.25) is 0 Å². The molecule has 0 saturated carbocycles. The molecule has 2 aromatic rings. The number of rotatable bonds is 5. The van der Waals surface area contributed by atoms with Crippen molar-refractivity contribution in [3.8, 4) is 0 Å². The van der Waals surface area contributed by atoms with Gasteiger partial charge in [-0.2, -0.15) is 0 Å². The highest BCUT2D eigenvalue weighted by atomic mass is 79.9. The lowest BCUT2D eigenvalue weighted by atomic mass is 10.1. The number of aldehydes is 1. The minimum atomic E-state index is -0.249. The van der Waals surface area contributed by atoms with Crippen LogP contribution < -0.4 is 5.56 Å². The van der Waals surface area contributed by atoms with Gasteiger partial charge in [-0.1, -0.05) is 46.7 Å². The molecule has 0 aliphatic carbocycles. The van der Waals surface area contributed by atoms with E-state index in [1.807, 2.05) is 31.2 Å². The Morgan fingerprint density at radius 1 is 1.35 bits per heavy atom. The number of carbonyl (C=O) groups is 1. The number of carbonyl (C=O) groups excluding carboxylic acids is 1. The van der Waals surface area contributed by atoms with E-state index in [1.54, 1.807) is 0 Å². The maximum Gasteiger partial charge on any atom is 0.255 e. The van der Waals surface area contributed by atoms with Crippen LogP contribution >= 0.6 is 27.7 Å². The molecule has 6 heteroatoms. The Kier molecular flexibility index (Phi) is 5.14. The van der Waals surface area contributed by atoms with Crippen molar-refractivity contribution < 1.29 is 4.79 Å². The SMILES string of the molecule is CCSc1nc(C=O)c(Cc2ccc(Br)cc2)c(=O)[nH]1. The summed E-state index contributed by atoms with van der Waals surface area (Å²) in [6.45, 7) is 1.96. The van der Waals surface area contributed by atoms with Gasteiger partial charge in [0.25, 0.3) is 5.56 Å². The van der Waals surface area contributed by atoms with Gasteiger partial charge < -0.3 is 4.98 Å². The van der Waals surface area contributed by atoms with Gasteiger partial charge in [-0.15, -0.1) is 0 Å². The molecule has 2 rings (SSSR count). The Morgan fingerprint density at radius 2 is 2.05 bits per heavy atom. The number of benzene rings is 1. The van der Waals surface area contributed by atoms with Crippen LogP contribution in [0.25, 0.3) is 0 Å². The van der Waals surface area contributed by atoms with Crippen LogP contribution in [0.2, 0.25) is 0 Å². The second kappa shape index (κ2) is 6.85. The summed E-state index contributed by atoms with van der Waals surface area (Å²) in [4.78, 5) is 30.1. The highest BCUT2D eigenvalue weighted by Gasteiger charge is 2.11. The molecular weight excluding hydrogens is 340 g/mol. The first-order valence-corrected chi connectivity index (χ1v) is 7.87. The molecule has 0 spiro atoms. The predicted octanol–water partition coefficient (Wildman–Crippen LogP) is 3.05. The number of aromatic nitrogens is 2. The van der Waals surface area contributed by atoms with Crippen LogP contribution in [0.3, 0.4) is 0 Å². The van der Waals surface area contributed by atoms with Crippen LogP contribution in [0.4, 0.5) is 0 Å². The van der Waals surface area contributed by atoms with Gasteiger partial charge in [0.1, 0.15) is 5.69 Å². The maximum absolute atomic E-state index is 12.1. The molecule has 0 fully saturated rings. The van der Waals surface area contributed by atoms with Crippen molar-refractivity contribution in [2.24, 2.45) is 0 Å². The Balaban J connectivity index is 2.38. The van der Waals surface area contributed by atoms with Crippen molar-refractivity contribution in [1.29, 1.82) is 0 Å². The molecule has 104 valence electrons. The quantitative estimate of drug-likeness (QED) is 0.510.